The lowest BCUT2D eigenvalue weighted by molar-refractivity contribution is 0.469. The predicted molar refractivity (Wildman–Crippen MR) is 82.5 cm³/mol. The third-order valence-electron chi connectivity index (χ3n) is 3.11. The number of rotatable bonds is 3. The highest BCUT2D eigenvalue weighted by Gasteiger charge is 2.15. The second-order valence-corrected chi connectivity index (χ2v) is 5.61. The number of thiazole rings is 1. The van der Waals surface area contributed by atoms with Gasteiger partial charge in [0.1, 0.15) is 16.6 Å². The maximum Gasteiger partial charge on any atom is 0.137 e. The summed E-state index contributed by atoms with van der Waals surface area (Å²) in [6.45, 7) is 0.349. The highest BCUT2D eigenvalue weighted by molar-refractivity contribution is 7.15. The van der Waals surface area contributed by atoms with Crippen molar-refractivity contribution in [2.45, 2.75) is 6.54 Å². The molecule has 0 saturated heterocycles. The average Bonchev–Trinajstić information content (AvgIpc) is 2.92. The molecule has 0 radical (unpaired) electrons. The van der Waals surface area contributed by atoms with Gasteiger partial charge in [-0.25, -0.2) is 9.37 Å². The summed E-state index contributed by atoms with van der Waals surface area (Å²) in [5.41, 5.74) is 7.89. The van der Waals surface area contributed by atoms with Crippen molar-refractivity contribution in [2.75, 3.05) is 0 Å². The zero-order valence-corrected chi connectivity index (χ0v) is 11.9. The van der Waals surface area contributed by atoms with Crippen LogP contribution in [-0.2, 0) is 6.54 Å². The summed E-state index contributed by atoms with van der Waals surface area (Å²) in [4.78, 5) is 5.44. The molecule has 21 heavy (non-hydrogen) atoms. The molecule has 0 aliphatic heterocycles. The van der Waals surface area contributed by atoms with Gasteiger partial charge in [-0.1, -0.05) is 30.3 Å². The quantitative estimate of drug-likeness (QED) is 0.774. The van der Waals surface area contributed by atoms with Crippen LogP contribution in [-0.4, -0.2) is 10.1 Å². The predicted octanol–water partition coefficient (Wildman–Crippen LogP) is 3.78. The maximum atomic E-state index is 14.0. The van der Waals surface area contributed by atoms with E-state index in [0.717, 1.165) is 22.2 Å². The number of aromatic hydroxyl groups is 1. The molecule has 1 aromatic heterocycles. The molecule has 0 unspecified atom stereocenters. The van der Waals surface area contributed by atoms with Crippen LogP contribution in [0.4, 0.5) is 4.39 Å². The molecule has 5 heteroatoms. The average molecular weight is 300 g/mol. The number of nitrogens with zero attached hydrogens (tertiary/aromatic N) is 1. The Bertz CT molecular complexity index is 771. The Balaban J connectivity index is 2.12. The molecule has 3 rings (SSSR count). The monoisotopic (exact) mass is 300 g/mol. The third-order valence-corrected chi connectivity index (χ3v) is 4.22. The Morgan fingerprint density at radius 2 is 1.90 bits per heavy atom. The van der Waals surface area contributed by atoms with E-state index in [-0.39, 0.29) is 5.75 Å². The number of hydrogen-bond acceptors (Lipinski definition) is 4. The molecule has 0 aliphatic rings. The normalized spacial score (nSPS) is 10.8. The summed E-state index contributed by atoms with van der Waals surface area (Å²) in [7, 11) is 0. The molecule has 0 spiro atoms. The van der Waals surface area contributed by atoms with Crippen LogP contribution in [0.25, 0.3) is 21.8 Å². The van der Waals surface area contributed by atoms with Gasteiger partial charge in [0.25, 0.3) is 0 Å². The second-order valence-electron chi connectivity index (χ2n) is 4.53. The van der Waals surface area contributed by atoms with Gasteiger partial charge in [0.05, 0.1) is 5.69 Å². The van der Waals surface area contributed by atoms with Crippen LogP contribution in [0.3, 0.4) is 0 Å². The van der Waals surface area contributed by atoms with Gasteiger partial charge in [-0.3, -0.25) is 0 Å². The largest absolute Gasteiger partial charge is 0.508 e. The Labute approximate surface area is 125 Å². The number of aromatic nitrogens is 1. The van der Waals surface area contributed by atoms with Crippen LogP contribution in [0.1, 0.15) is 4.88 Å². The van der Waals surface area contributed by atoms with Gasteiger partial charge >= 0.3 is 0 Å². The first-order valence-corrected chi connectivity index (χ1v) is 7.25. The number of hydrogen-bond donors (Lipinski definition) is 2. The van der Waals surface area contributed by atoms with Crippen LogP contribution in [0, 0.1) is 5.82 Å². The van der Waals surface area contributed by atoms with E-state index >= 15 is 0 Å². The maximum absolute atomic E-state index is 14.0. The number of phenolic OH excluding ortho intramolecular Hbond substituents is 1. The summed E-state index contributed by atoms with van der Waals surface area (Å²) < 4.78 is 14.0. The minimum Gasteiger partial charge on any atom is -0.508 e. The van der Waals surface area contributed by atoms with Crippen LogP contribution >= 0.6 is 11.3 Å². The highest BCUT2D eigenvalue weighted by Crippen LogP contribution is 2.35. The summed E-state index contributed by atoms with van der Waals surface area (Å²) >= 11 is 1.37. The highest BCUT2D eigenvalue weighted by atomic mass is 32.1. The number of benzene rings is 2. The van der Waals surface area contributed by atoms with Crippen LogP contribution in [0.15, 0.2) is 48.5 Å². The second kappa shape index (κ2) is 5.63. The fourth-order valence-electron chi connectivity index (χ4n) is 2.10. The number of halogens is 1. The third kappa shape index (κ3) is 2.66. The van der Waals surface area contributed by atoms with E-state index in [1.807, 2.05) is 30.3 Å². The molecule has 3 aromatic rings. The zero-order chi connectivity index (χ0) is 14.8. The fourth-order valence-corrected chi connectivity index (χ4v) is 3.09. The number of phenols is 1. The first-order chi connectivity index (χ1) is 10.2. The molecule has 0 fully saturated rings. The minimum atomic E-state index is -0.494. The smallest absolute Gasteiger partial charge is 0.137 e. The molecule has 1 heterocycles. The first kappa shape index (κ1) is 13.7. The Morgan fingerprint density at radius 3 is 2.57 bits per heavy atom. The van der Waals surface area contributed by atoms with Crippen molar-refractivity contribution in [3.05, 3.63) is 59.2 Å². The van der Waals surface area contributed by atoms with Crippen molar-refractivity contribution in [3.8, 4) is 27.6 Å². The lowest BCUT2D eigenvalue weighted by Gasteiger charge is -2.00. The van der Waals surface area contributed by atoms with Crippen molar-refractivity contribution < 1.29 is 9.50 Å². The lowest BCUT2D eigenvalue weighted by atomic mass is 10.1. The Hall–Kier alpha value is -2.24. The molecule has 0 aliphatic carbocycles. The van der Waals surface area contributed by atoms with E-state index in [1.54, 1.807) is 0 Å². The van der Waals surface area contributed by atoms with Crippen molar-refractivity contribution >= 4 is 11.3 Å². The van der Waals surface area contributed by atoms with E-state index in [1.165, 1.54) is 23.5 Å². The van der Waals surface area contributed by atoms with Crippen molar-refractivity contribution in [3.63, 3.8) is 0 Å². The van der Waals surface area contributed by atoms with E-state index < -0.39 is 5.82 Å². The Morgan fingerprint density at radius 1 is 1.14 bits per heavy atom. The Kier molecular flexibility index (Phi) is 3.68. The van der Waals surface area contributed by atoms with Crippen LogP contribution < -0.4 is 5.73 Å². The molecule has 3 nitrogen and oxygen atoms in total. The van der Waals surface area contributed by atoms with Gasteiger partial charge in [-0.05, 0) is 12.1 Å². The summed E-state index contributed by atoms with van der Waals surface area (Å²) in [6, 6.07) is 13.7. The van der Waals surface area contributed by atoms with Crippen molar-refractivity contribution in [1.29, 1.82) is 0 Å². The van der Waals surface area contributed by atoms with E-state index in [0.29, 0.717) is 17.1 Å². The standard InChI is InChI=1S/C16H13FN2OS/c17-13-8-11(20)6-7-12(13)16-19-15(14(9-18)21-16)10-4-2-1-3-5-10/h1-8,20H,9,18H2. The molecule has 2 aromatic carbocycles. The minimum absolute atomic E-state index is 0.102. The van der Waals surface area contributed by atoms with Gasteiger partial charge < -0.3 is 10.8 Å². The molecule has 0 saturated carbocycles. The molecular formula is C16H13FN2OS. The molecule has 0 bridgehead atoms. The van der Waals surface area contributed by atoms with Gasteiger partial charge in [0.15, 0.2) is 0 Å². The van der Waals surface area contributed by atoms with Crippen molar-refractivity contribution in [2.24, 2.45) is 5.73 Å². The molecule has 0 atom stereocenters. The van der Waals surface area contributed by atoms with Crippen LogP contribution in [0.5, 0.6) is 5.75 Å². The van der Waals surface area contributed by atoms with E-state index in [2.05, 4.69) is 4.98 Å². The summed E-state index contributed by atoms with van der Waals surface area (Å²) in [5, 5.41) is 9.85. The van der Waals surface area contributed by atoms with Gasteiger partial charge in [0.2, 0.25) is 0 Å². The van der Waals surface area contributed by atoms with Crippen molar-refractivity contribution in [1.82, 2.24) is 4.98 Å². The molecule has 3 N–H and O–H groups in total. The summed E-state index contributed by atoms with van der Waals surface area (Å²) in [5.74, 6) is -0.595. The SMILES string of the molecule is NCc1sc(-c2ccc(O)cc2F)nc1-c1ccccc1. The van der Waals surface area contributed by atoms with Gasteiger partial charge in [-0.2, -0.15) is 0 Å². The van der Waals surface area contributed by atoms with Crippen LogP contribution in [0.2, 0.25) is 0 Å². The summed E-state index contributed by atoms with van der Waals surface area (Å²) in [6.07, 6.45) is 0. The van der Waals surface area contributed by atoms with Gasteiger partial charge in [-0.15, -0.1) is 11.3 Å². The van der Waals surface area contributed by atoms with E-state index in [4.69, 9.17) is 5.73 Å². The first-order valence-electron chi connectivity index (χ1n) is 6.43. The fraction of sp³-hybridized carbons (Fsp3) is 0.0625. The molecule has 106 valence electrons. The van der Waals surface area contributed by atoms with E-state index in [9.17, 15) is 9.50 Å². The van der Waals surface area contributed by atoms with Gasteiger partial charge in [0, 0.05) is 28.6 Å². The molecule has 0 amide bonds. The molecular weight excluding hydrogens is 287 g/mol. The number of nitrogens with two attached hydrogens (primary N) is 1. The lowest BCUT2D eigenvalue weighted by Crippen LogP contribution is -1.95. The topological polar surface area (TPSA) is 59.1 Å². The zero-order valence-electron chi connectivity index (χ0n) is 11.1.